The lowest BCUT2D eigenvalue weighted by molar-refractivity contribution is 0.0444. The Bertz CT molecular complexity index is 396. The molecular weight excluding hydrogens is 249 g/mol. The van der Waals surface area contributed by atoms with E-state index in [0.717, 1.165) is 0 Å². The third-order valence-corrected chi connectivity index (χ3v) is 3.16. The summed E-state index contributed by atoms with van der Waals surface area (Å²) in [6, 6.07) is 0.903. The van der Waals surface area contributed by atoms with Crippen LogP contribution >= 0.6 is 11.6 Å². The summed E-state index contributed by atoms with van der Waals surface area (Å²) in [5.74, 6) is -0.0387. The Morgan fingerprint density at radius 3 is 2.88 bits per heavy atom. The maximum absolute atomic E-state index is 13.7. The molecule has 0 amide bonds. The normalized spacial score (nSPS) is 32.7. The second kappa shape index (κ2) is 5.12. The fourth-order valence-corrected chi connectivity index (χ4v) is 2.16. The molecule has 1 heterocycles. The smallest absolute Gasteiger partial charge is 0.146 e. The van der Waals surface area contributed by atoms with Crippen molar-refractivity contribution in [3.63, 3.8) is 0 Å². The minimum absolute atomic E-state index is 0.232. The van der Waals surface area contributed by atoms with Crippen molar-refractivity contribution in [2.45, 2.75) is 24.7 Å². The van der Waals surface area contributed by atoms with Gasteiger partial charge in [0.2, 0.25) is 0 Å². The van der Waals surface area contributed by atoms with Crippen LogP contribution in [0.4, 0.5) is 10.2 Å². The molecule has 4 atom stereocenters. The van der Waals surface area contributed by atoms with Gasteiger partial charge in [-0.1, -0.05) is 11.6 Å². The number of halogens is 2. The van der Waals surface area contributed by atoms with Crippen LogP contribution in [0.25, 0.3) is 0 Å². The molecule has 94 valence electrons. The second-order valence-corrected chi connectivity index (χ2v) is 4.48. The van der Waals surface area contributed by atoms with E-state index < -0.39 is 24.2 Å². The predicted molar refractivity (Wildman–Crippen MR) is 60.5 cm³/mol. The third kappa shape index (κ3) is 2.65. The number of nitrogens with zero attached hydrogens (tertiary/aromatic N) is 2. The second-order valence-electron chi connectivity index (χ2n) is 4.09. The van der Waals surface area contributed by atoms with E-state index >= 15 is 0 Å². The first-order valence-corrected chi connectivity index (χ1v) is 5.66. The summed E-state index contributed by atoms with van der Waals surface area (Å²) in [7, 11) is 0. The quantitative estimate of drug-likeness (QED) is 0.696. The van der Waals surface area contributed by atoms with E-state index in [0.29, 0.717) is 12.2 Å². The average molecular weight is 262 g/mol. The van der Waals surface area contributed by atoms with Gasteiger partial charge in [0.1, 0.15) is 23.5 Å². The molecule has 3 N–H and O–H groups in total. The van der Waals surface area contributed by atoms with E-state index in [1.165, 1.54) is 12.4 Å². The summed E-state index contributed by atoms with van der Waals surface area (Å²) in [4.78, 5) is 7.61. The zero-order chi connectivity index (χ0) is 12.4. The first-order valence-electron chi connectivity index (χ1n) is 5.29. The summed E-state index contributed by atoms with van der Waals surface area (Å²) in [6.07, 6.45) is -0.955. The number of aromatic nitrogens is 2. The van der Waals surface area contributed by atoms with E-state index in [1.54, 1.807) is 0 Å². The Hall–Kier alpha value is -0.980. The SMILES string of the molecule is OCC1CC(Nc2cc(Cl)ncn2)C(F)[C@@H]1O. The summed E-state index contributed by atoms with van der Waals surface area (Å²) < 4.78 is 13.7. The molecule has 1 aliphatic rings. The molecule has 0 radical (unpaired) electrons. The van der Waals surface area contributed by atoms with Crippen LogP contribution < -0.4 is 5.32 Å². The average Bonchev–Trinajstić information content (AvgIpc) is 2.57. The monoisotopic (exact) mass is 261 g/mol. The Kier molecular flexibility index (Phi) is 3.76. The molecule has 5 nitrogen and oxygen atoms in total. The minimum Gasteiger partial charge on any atom is -0.396 e. The third-order valence-electron chi connectivity index (χ3n) is 2.95. The van der Waals surface area contributed by atoms with Crippen LogP contribution in [0.15, 0.2) is 12.4 Å². The van der Waals surface area contributed by atoms with Crippen LogP contribution in [0.5, 0.6) is 0 Å². The Morgan fingerprint density at radius 1 is 1.53 bits per heavy atom. The largest absolute Gasteiger partial charge is 0.396 e. The van der Waals surface area contributed by atoms with Crippen LogP contribution in [-0.4, -0.2) is 45.1 Å². The van der Waals surface area contributed by atoms with Gasteiger partial charge < -0.3 is 15.5 Å². The van der Waals surface area contributed by atoms with Crippen LogP contribution in [0.2, 0.25) is 5.15 Å². The molecule has 1 saturated carbocycles. The standard InChI is InChI=1S/C10H13ClFN3O2/c11-7-2-8(14-4-13-7)15-6-1-5(3-16)10(17)9(6)12/h2,4-6,9-10,16-17H,1,3H2,(H,13,14,15)/t5?,6?,9?,10-/m1/s1. The van der Waals surface area contributed by atoms with Gasteiger partial charge in [-0.2, -0.15) is 0 Å². The molecule has 0 saturated heterocycles. The van der Waals surface area contributed by atoms with Crippen LogP contribution in [0, 0.1) is 5.92 Å². The first-order chi connectivity index (χ1) is 8.11. The van der Waals surface area contributed by atoms with E-state index in [-0.39, 0.29) is 11.8 Å². The lowest BCUT2D eigenvalue weighted by Gasteiger charge is -2.16. The number of anilines is 1. The molecule has 0 aliphatic heterocycles. The Labute approximate surface area is 103 Å². The van der Waals surface area contributed by atoms with Gasteiger partial charge in [-0.25, -0.2) is 14.4 Å². The summed E-state index contributed by atoms with van der Waals surface area (Å²) >= 11 is 5.68. The van der Waals surface area contributed by atoms with Crippen molar-refractivity contribution in [3.05, 3.63) is 17.5 Å². The van der Waals surface area contributed by atoms with Crippen molar-refractivity contribution >= 4 is 17.4 Å². The molecule has 3 unspecified atom stereocenters. The molecule has 1 aromatic rings. The molecule has 1 fully saturated rings. The maximum atomic E-state index is 13.7. The number of hydrogen-bond acceptors (Lipinski definition) is 5. The van der Waals surface area contributed by atoms with E-state index in [9.17, 15) is 9.50 Å². The van der Waals surface area contributed by atoms with Gasteiger partial charge in [-0.3, -0.25) is 0 Å². The number of hydrogen-bond donors (Lipinski definition) is 3. The highest BCUT2D eigenvalue weighted by Crippen LogP contribution is 2.30. The van der Waals surface area contributed by atoms with Crippen LogP contribution in [-0.2, 0) is 0 Å². The highest BCUT2D eigenvalue weighted by atomic mass is 35.5. The lowest BCUT2D eigenvalue weighted by Crippen LogP contribution is -2.32. The van der Waals surface area contributed by atoms with Gasteiger partial charge >= 0.3 is 0 Å². The highest BCUT2D eigenvalue weighted by Gasteiger charge is 2.42. The summed E-state index contributed by atoms with van der Waals surface area (Å²) in [5, 5.41) is 21.6. The fraction of sp³-hybridized carbons (Fsp3) is 0.600. The zero-order valence-corrected chi connectivity index (χ0v) is 9.68. The highest BCUT2D eigenvalue weighted by molar-refractivity contribution is 6.29. The molecule has 0 bridgehead atoms. The van der Waals surface area contributed by atoms with Crippen LogP contribution in [0.3, 0.4) is 0 Å². The molecule has 17 heavy (non-hydrogen) atoms. The Morgan fingerprint density at radius 2 is 2.29 bits per heavy atom. The zero-order valence-electron chi connectivity index (χ0n) is 8.92. The van der Waals surface area contributed by atoms with Gasteiger partial charge in [0, 0.05) is 18.6 Å². The molecule has 2 rings (SSSR count). The van der Waals surface area contributed by atoms with Crippen molar-refractivity contribution in [1.82, 2.24) is 9.97 Å². The number of nitrogens with one attached hydrogen (secondary N) is 1. The van der Waals surface area contributed by atoms with E-state index in [2.05, 4.69) is 15.3 Å². The number of aliphatic hydroxyl groups is 2. The number of rotatable bonds is 3. The van der Waals surface area contributed by atoms with E-state index in [1.807, 2.05) is 0 Å². The molecule has 7 heteroatoms. The topological polar surface area (TPSA) is 78.3 Å². The van der Waals surface area contributed by atoms with Crippen molar-refractivity contribution in [3.8, 4) is 0 Å². The van der Waals surface area contributed by atoms with Gasteiger partial charge in [0.25, 0.3) is 0 Å². The lowest BCUT2D eigenvalue weighted by atomic mass is 10.1. The van der Waals surface area contributed by atoms with Gasteiger partial charge in [0.05, 0.1) is 12.1 Å². The van der Waals surface area contributed by atoms with Crippen LogP contribution in [0.1, 0.15) is 6.42 Å². The molecule has 0 spiro atoms. The van der Waals surface area contributed by atoms with E-state index in [4.69, 9.17) is 16.7 Å². The molecule has 1 aliphatic carbocycles. The number of alkyl halides is 1. The fourth-order valence-electron chi connectivity index (χ4n) is 2.02. The van der Waals surface area contributed by atoms with Gasteiger partial charge in [0.15, 0.2) is 0 Å². The minimum atomic E-state index is -1.43. The van der Waals surface area contributed by atoms with Crippen molar-refractivity contribution in [2.75, 3.05) is 11.9 Å². The predicted octanol–water partition coefficient (Wildman–Crippen LogP) is 0.622. The first kappa shape index (κ1) is 12.5. The van der Waals surface area contributed by atoms with Crippen molar-refractivity contribution < 1.29 is 14.6 Å². The molecule has 1 aromatic heterocycles. The van der Waals surface area contributed by atoms with Crippen molar-refractivity contribution in [1.29, 1.82) is 0 Å². The Balaban J connectivity index is 2.05. The van der Waals surface area contributed by atoms with Gasteiger partial charge in [-0.15, -0.1) is 0 Å². The summed E-state index contributed by atoms with van der Waals surface area (Å²) in [5.41, 5.74) is 0. The maximum Gasteiger partial charge on any atom is 0.146 e. The molecule has 0 aromatic carbocycles. The van der Waals surface area contributed by atoms with Gasteiger partial charge in [-0.05, 0) is 6.42 Å². The molecular formula is C10H13ClFN3O2. The van der Waals surface area contributed by atoms with Crippen molar-refractivity contribution in [2.24, 2.45) is 5.92 Å². The number of aliphatic hydroxyl groups excluding tert-OH is 2. The summed E-state index contributed by atoms with van der Waals surface area (Å²) in [6.45, 7) is -0.232.